The van der Waals surface area contributed by atoms with Gasteiger partial charge in [0.15, 0.2) is 11.4 Å². The van der Waals surface area contributed by atoms with Crippen molar-refractivity contribution in [1.82, 2.24) is 5.32 Å². The number of ether oxygens (including phenoxy) is 6. The summed E-state index contributed by atoms with van der Waals surface area (Å²) in [4.78, 5) is 83.1. The summed E-state index contributed by atoms with van der Waals surface area (Å²) in [5.41, 5.74) is -2.97. The topological polar surface area (TPSA) is 257 Å². The van der Waals surface area contributed by atoms with Crippen LogP contribution in [0.4, 0.5) is 4.79 Å². The fraction of sp³-hybridized carbons (Fsp3) is 0.556. The standard InChI is InChI=1S/C45H56N2O15.ClH/c1-23-27(58-39(54)34(59-40(55)62-41(3,4)5)32(47-30(50)21-46)25-15-11-9-12-16-25)20-45(56)37(60-38(53)26-17-13-10-14-18-26)35-43(8,36(52)33(51)31(23)42(45,6)7)28(49)19-29-44(35,22-57-29)61-24(2)48;/h9-18,27-29,32-35,37,49,51,56H,19-22,46H2,1-8H3,(H,47,50);1H/t27-,28-,29+,32-,33+,34+,35-,37-,43+,44-,45+;/m0./s1. The molecule has 344 valence electrons. The predicted molar refractivity (Wildman–Crippen MR) is 224 cm³/mol. The van der Waals surface area contributed by atoms with E-state index in [1.807, 2.05) is 0 Å². The lowest BCUT2D eigenvalue weighted by atomic mass is 9.44. The molecule has 3 aliphatic carbocycles. The van der Waals surface area contributed by atoms with E-state index < -0.39 is 125 Å². The normalized spacial score (nSPS) is 31.7. The van der Waals surface area contributed by atoms with Gasteiger partial charge >= 0.3 is 24.1 Å². The van der Waals surface area contributed by atoms with Gasteiger partial charge in [0.1, 0.15) is 41.7 Å². The van der Waals surface area contributed by atoms with Crippen molar-refractivity contribution in [3.63, 3.8) is 0 Å². The number of carbonyl (C=O) groups is 6. The fourth-order valence-corrected chi connectivity index (χ4v) is 9.84. The number of nitrogens with two attached hydrogens (primary N) is 1. The highest BCUT2D eigenvalue weighted by Crippen LogP contribution is 2.64. The van der Waals surface area contributed by atoms with Crippen molar-refractivity contribution in [3.8, 4) is 0 Å². The monoisotopic (exact) mass is 900 g/mol. The first-order chi connectivity index (χ1) is 28.9. The van der Waals surface area contributed by atoms with Gasteiger partial charge in [-0.1, -0.05) is 62.4 Å². The Hall–Kier alpha value is -4.91. The van der Waals surface area contributed by atoms with E-state index in [0.29, 0.717) is 5.56 Å². The number of aliphatic hydroxyl groups excluding tert-OH is 2. The van der Waals surface area contributed by atoms with Gasteiger partial charge in [-0.15, -0.1) is 12.4 Å². The second-order valence-corrected chi connectivity index (χ2v) is 18.3. The van der Waals surface area contributed by atoms with Crippen LogP contribution in [0.15, 0.2) is 71.8 Å². The number of ketones is 1. The number of amides is 1. The number of nitrogens with one attached hydrogen (secondary N) is 1. The summed E-state index contributed by atoms with van der Waals surface area (Å²) in [5, 5.41) is 40.4. The first-order valence-electron chi connectivity index (χ1n) is 20.5. The van der Waals surface area contributed by atoms with Crippen LogP contribution in [0.2, 0.25) is 0 Å². The van der Waals surface area contributed by atoms with E-state index in [1.54, 1.807) is 69.3 Å². The Morgan fingerprint density at radius 1 is 0.968 bits per heavy atom. The Morgan fingerprint density at radius 3 is 2.11 bits per heavy atom. The molecule has 3 fully saturated rings. The third-order valence-electron chi connectivity index (χ3n) is 13.0. The number of esters is 3. The number of hydrogen-bond acceptors (Lipinski definition) is 16. The van der Waals surface area contributed by atoms with E-state index in [1.165, 1.54) is 39.8 Å². The summed E-state index contributed by atoms with van der Waals surface area (Å²) in [6.45, 7) is 11.0. The molecule has 4 aliphatic rings. The third kappa shape index (κ3) is 8.70. The van der Waals surface area contributed by atoms with Crippen LogP contribution in [0.25, 0.3) is 0 Å². The summed E-state index contributed by atoms with van der Waals surface area (Å²) in [5.74, 6) is -6.20. The zero-order valence-electron chi connectivity index (χ0n) is 36.4. The summed E-state index contributed by atoms with van der Waals surface area (Å²) in [6, 6.07) is 14.5. The molecule has 0 spiro atoms. The maximum Gasteiger partial charge on any atom is 0.509 e. The SMILES string of the molecule is CC(=O)O[C@@]12CO[C@@H]1C[C@H](O)[C@@]1(C)C(=O)[C@H](O)C3=C(C)[C@@H](OC(=O)[C@H](OC(=O)OC(C)(C)C)[C@@H](NC(=O)CN)c4ccccc4)C[C@@](O)([C@@H](OC(=O)c4ccccc4)[C@H]21)C3(C)C.Cl. The zero-order chi connectivity index (χ0) is 45.7. The van der Waals surface area contributed by atoms with E-state index in [0.717, 1.165) is 6.92 Å². The van der Waals surface area contributed by atoms with Crippen LogP contribution in [-0.2, 0) is 47.6 Å². The Balaban J connectivity index is 0.00000748. The average molecular weight is 901 g/mol. The molecule has 17 nitrogen and oxygen atoms in total. The second-order valence-electron chi connectivity index (χ2n) is 18.3. The van der Waals surface area contributed by atoms with Crippen LogP contribution in [0, 0.1) is 16.7 Å². The van der Waals surface area contributed by atoms with Crippen LogP contribution >= 0.6 is 12.4 Å². The number of carbonyl (C=O) groups excluding carboxylic acids is 6. The average Bonchev–Trinajstić information content (AvgIpc) is 3.20. The van der Waals surface area contributed by atoms with Gasteiger partial charge in [0, 0.05) is 25.2 Å². The first kappa shape index (κ1) is 49.1. The number of halogens is 1. The van der Waals surface area contributed by atoms with Gasteiger partial charge in [0.25, 0.3) is 0 Å². The van der Waals surface area contributed by atoms with E-state index in [9.17, 15) is 39.3 Å². The Morgan fingerprint density at radius 2 is 1.57 bits per heavy atom. The zero-order valence-corrected chi connectivity index (χ0v) is 37.3. The molecule has 1 amide bonds. The van der Waals surface area contributed by atoms with Crippen molar-refractivity contribution >= 4 is 48.2 Å². The molecule has 63 heavy (non-hydrogen) atoms. The maximum atomic E-state index is 15.1. The molecule has 6 rings (SSSR count). The first-order valence-corrected chi connectivity index (χ1v) is 20.5. The molecule has 0 aromatic heterocycles. The van der Waals surface area contributed by atoms with Crippen LogP contribution in [0.3, 0.4) is 0 Å². The lowest BCUT2D eigenvalue weighted by molar-refractivity contribution is -0.346. The largest absolute Gasteiger partial charge is 0.509 e. The summed E-state index contributed by atoms with van der Waals surface area (Å²) < 4.78 is 35.4. The van der Waals surface area contributed by atoms with Gasteiger partial charge in [-0.3, -0.25) is 14.4 Å². The third-order valence-corrected chi connectivity index (χ3v) is 13.0. The Bertz CT molecular complexity index is 2130. The minimum absolute atomic E-state index is 0. The van der Waals surface area contributed by atoms with E-state index in [4.69, 9.17) is 34.2 Å². The summed E-state index contributed by atoms with van der Waals surface area (Å²) in [6.07, 6.45) is -12.1. The lowest BCUT2D eigenvalue weighted by Gasteiger charge is -2.67. The molecule has 1 heterocycles. The highest BCUT2D eigenvalue weighted by Gasteiger charge is 2.78. The smallest absolute Gasteiger partial charge is 0.455 e. The number of fused-ring (bicyclic) bond motifs is 5. The van der Waals surface area contributed by atoms with Gasteiger partial charge < -0.3 is 54.8 Å². The number of aliphatic hydroxyl groups is 3. The maximum absolute atomic E-state index is 15.1. The number of Topliss-reactive ketones (excluding diaryl/α,β-unsaturated/α-hetero) is 1. The van der Waals surface area contributed by atoms with Crippen LogP contribution in [0.1, 0.15) is 90.2 Å². The highest BCUT2D eigenvalue weighted by molar-refractivity contribution is 5.94. The van der Waals surface area contributed by atoms with E-state index in [-0.39, 0.29) is 42.1 Å². The summed E-state index contributed by atoms with van der Waals surface area (Å²) >= 11 is 0. The number of hydrogen-bond donors (Lipinski definition) is 5. The van der Waals surface area contributed by atoms with E-state index >= 15 is 4.79 Å². The summed E-state index contributed by atoms with van der Waals surface area (Å²) in [7, 11) is 0. The molecular formula is C45H57ClN2O15. The lowest BCUT2D eigenvalue weighted by Crippen LogP contribution is -2.81. The molecule has 0 unspecified atom stereocenters. The van der Waals surface area contributed by atoms with Crippen molar-refractivity contribution in [2.24, 2.45) is 22.5 Å². The highest BCUT2D eigenvalue weighted by atomic mass is 35.5. The number of rotatable bonds is 10. The molecule has 2 bridgehead atoms. The molecule has 18 heteroatoms. The molecule has 11 atom stereocenters. The quantitative estimate of drug-likeness (QED) is 0.130. The van der Waals surface area contributed by atoms with Crippen molar-refractivity contribution in [2.45, 2.75) is 128 Å². The minimum atomic E-state index is -2.41. The Labute approximate surface area is 371 Å². The van der Waals surface area contributed by atoms with Crippen molar-refractivity contribution in [3.05, 3.63) is 82.9 Å². The van der Waals surface area contributed by atoms with Gasteiger partial charge in [0.05, 0.1) is 36.2 Å². The molecule has 1 saturated heterocycles. The second kappa shape index (κ2) is 17.9. The Kier molecular flexibility index (Phi) is 14.0. The van der Waals surface area contributed by atoms with Gasteiger partial charge in [-0.25, -0.2) is 14.4 Å². The molecule has 0 radical (unpaired) electrons. The molecule has 6 N–H and O–H groups in total. The van der Waals surface area contributed by atoms with Crippen LogP contribution in [-0.4, -0.2) is 118 Å². The van der Waals surface area contributed by atoms with Gasteiger partial charge in [-0.05, 0) is 63.5 Å². The predicted octanol–water partition coefficient (Wildman–Crippen LogP) is 3.19. The fourth-order valence-electron chi connectivity index (χ4n) is 9.84. The van der Waals surface area contributed by atoms with Gasteiger partial charge in [-0.2, -0.15) is 0 Å². The van der Waals surface area contributed by atoms with Crippen LogP contribution in [0.5, 0.6) is 0 Å². The van der Waals surface area contributed by atoms with Crippen molar-refractivity contribution in [2.75, 3.05) is 13.2 Å². The molecule has 2 aromatic rings. The van der Waals surface area contributed by atoms with E-state index in [2.05, 4.69) is 5.32 Å². The van der Waals surface area contributed by atoms with Crippen LogP contribution < -0.4 is 11.1 Å². The number of benzene rings is 2. The van der Waals surface area contributed by atoms with Crippen molar-refractivity contribution in [1.29, 1.82) is 0 Å². The molecule has 1 aliphatic heterocycles. The van der Waals surface area contributed by atoms with Gasteiger partial charge in [0.2, 0.25) is 12.0 Å². The van der Waals surface area contributed by atoms with Crippen molar-refractivity contribution < 1.29 is 72.5 Å². The molecular weight excluding hydrogens is 844 g/mol. The molecule has 2 saturated carbocycles. The molecule has 2 aromatic carbocycles. The minimum Gasteiger partial charge on any atom is -0.455 e.